The predicted molar refractivity (Wildman–Crippen MR) is 103 cm³/mol. The first-order valence-electron chi connectivity index (χ1n) is 9.15. The number of halogens is 1. The summed E-state index contributed by atoms with van der Waals surface area (Å²) < 4.78 is 2.90. The van der Waals surface area contributed by atoms with Gasteiger partial charge in [0.25, 0.3) is 5.91 Å². The molecule has 140 valence electrons. The quantitative estimate of drug-likeness (QED) is 0.719. The molecule has 0 radical (unpaired) electrons. The van der Waals surface area contributed by atoms with E-state index in [2.05, 4.69) is 20.8 Å². The summed E-state index contributed by atoms with van der Waals surface area (Å²) in [7, 11) is 0. The molecule has 7 heteroatoms. The molecule has 2 amide bonds. The summed E-state index contributed by atoms with van der Waals surface area (Å²) in [5.74, 6) is 0.248. The summed E-state index contributed by atoms with van der Waals surface area (Å²) in [6.07, 6.45) is 2.84. The van der Waals surface area contributed by atoms with Crippen molar-refractivity contribution in [3.05, 3.63) is 22.4 Å². The van der Waals surface area contributed by atoms with Gasteiger partial charge in [0.2, 0.25) is 5.91 Å². The molecular formula is C18H29BrN4O2. The topological polar surface area (TPSA) is 48.8 Å². The fraction of sp³-hybridized carbons (Fsp3) is 0.667. The van der Waals surface area contributed by atoms with Crippen molar-refractivity contribution in [2.24, 2.45) is 0 Å². The largest absolute Gasteiger partial charge is 0.343 e. The zero-order valence-corrected chi connectivity index (χ0v) is 17.1. The molecule has 0 aliphatic carbocycles. The van der Waals surface area contributed by atoms with Crippen LogP contribution in [0.5, 0.6) is 0 Å². The number of rotatable bonds is 6. The third-order valence-corrected chi connectivity index (χ3v) is 5.21. The van der Waals surface area contributed by atoms with Crippen LogP contribution in [0, 0.1) is 0 Å². The van der Waals surface area contributed by atoms with E-state index in [-0.39, 0.29) is 11.8 Å². The second-order valence-corrected chi connectivity index (χ2v) is 7.23. The van der Waals surface area contributed by atoms with Crippen LogP contribution in [0.25, 0.3) is 0 Å². The predicted octanol–water partition coefficient (Wildman–Crippen LogP) is 2.29. The van der Waals surface area contributed by atoms with Crippen LogP contribution in [0.3, 0.4) is 0 Å². The molecule has 1 saturated heterocycles. The second-order valence-electron chi connectivity index (χ2n) is 6.32. The van der Waals surface area contributed by atoms with E-state index in [0.717, 1.165) is 55.9 Å². The third-order valence-electron chi connectivity index (χ3n) is 4.77. The maximum Gasteiger partial charge on any atom is 0.270 e. The van der Waals surface area contributed by atoms with Crippen molar-refractivity contribution in [1.29, 1.82) is 0 Å². The molecule has 1 fully saturated rings. The molecule has 6 nitrogen and oxygen atoms in total. The van der Waals surface area contributed by atoms with Gasteiger partial charge in [0.1, 0.15) is 5.69 Å². The molecule has 0 N–H and O–H groups in total. The van der Waals surface area contributed by atoms with E-state index in [1.54, 1.807) is 0 Å². The van der Waals surface area contributed by atoms with E-state index < -0.39 is 0 Å². The molecule has 0 atom stereocenters. The van der Waals surface area contributed by atoms with Gasteiger partial charge in [0.15, 0.2) is 0 Å². The molecule has 1 aliphatic rings. The number of hydrogen-bond donors (Lipinski definition) is 0. The number of carbonyl (C=O) groups is 2. The van der Waals surface area contributed by atoms with Crippen molar-refractivity contribution in [2.75, 3.05) is 45.8 Å². The minimum absolute atomic E-state index is 0.0736. The lowest BCUT2D eigenvalue weighted by molar-refractivity contribution is -0.132. The number of amides is 2. The second kappa shape index (κ2) is 9.38. The Morgan fingerprint density at radius 1 is 1.12 bits per heavy atom. The number of likely N-dealkylation sites (N-methyl/N-ethyl adjacent to an activating group) is 1. The van der Waals surface area contributed by atoms with Crippen molar-refractivity contribution in [2.45, 2.75) is 33.7 Å². The molecule has 0 unspecified atom stereocenters. The molecule has 0 spiro atoms. The monoisotopic (exact) mass is 412 g/mol. The van der Waals surface area contributed by atoms with Gasteiger partial charge in [-0.2, -0.15) is 0 Å². The maximum atomic E-state index is 12.9. The third kappa shape index (κ3) is 5.07. The zero-order valence-electron chi connectivity index (χ0n) is 15.5. The molecule has 1 aromatic rings. The van der Waals surface area contributed by atoms with Crippen LogP contribution in [0.1, 0.15) is 37.7 Å². The Bertz CT molecular complexity index is 598. The fourth-order valence-electron chi connectivity index (χ4n) is 3.28. The zero-order chi connectivity index (χ0) is 18.4. The van der Waals surface area contributed by atoms with Crippen LogP contribution in [-0.2, 0) is 11.3 Å². The van der Waals surface area contributed by atoms with E-state index >= 15 is 0 Å². The lowest BCUT2D eigenvalue weighted by Crippen LogP contribution is -2.42. The Morgan fingerprint density at radius 3 is 2.48 bits per heavy atom. The molecule has 0 aromatic carbocycles. The Kier molecular flexibility index (Phi) is 7.50. The van der Waals surface area contributed by atoms with Gasteiger partial charge < -0.3 is 14.4 Å². The number of hydrogen-bond acceptors (Lipinski definition) is 3. The van der Waals surface area contributed by atoms with Gasteiger partial charge in [0.05, 0.1) is 6.54 Å². The summed E-state index contributed by atoms with van der Waals surface area (Å²) in [6, 6.07) is 1.89. The van der Waals surface area contributed by atoms with Crippen LogP contribution >= 0.6 is 15.9 Å². The summed E-state index contributed by atoms with van der Waals surface area (Å²) in [4.78, 5) is 31.1. The number of carbonyl (C=O) groups excluding carboxylic acids is 2. The molecule has 1 aromatic heterocycles. The highest BCUT2D eigenvalue weighted by Crippen LogP contribution is 2.17. The Labute approximate surface area is 158 Å². The Morgan fingerprint density at radius 2 is 1.84 bits per heavy atom. The smallest absolute Gasteiger partial charge is 0.270 e. The maximum absolute atomic E-state index is 12.9. The van der Waals surface area contributed by atoms with Gasteiger partial charge in [-0.15, -0.1) is 0 Å². The first-order valence-corrected chi connectivity index (χ1v) is 9.94. The van der Waals surface area contributed by atoms with Gasteiger partial charge in [0, 0.05) is 56.5 Å². The van der Waals surface area contributed by atoms with E-state index in [9.17, 15) is 9.59 Å². The normalized spacial score (nSPS) is 15.9. The highest BCUT2D eigenvalue weighted by molar-refractivity contribution is 9.10. The first-order chi connectivity index (χ1) is 12.0. The standard InChI is InChI=1S/C18H29BrN4O2/c1-4-21(5-2)17(24)14-20-8-7-9-23(11-10-20)18(25)16-12-15(19)13-22(16)6-3/h12-13H,4-11,14H2,1-3H3. The summed E-state index contributed by atoms with van der Waals surface area (Å²) in [5.41, 5.74) is 0.724. The van der Waals surface area contributed by atoms with E-state index in [1.807, 2.05) is 47.4 Å². The average molecular weight is 413 g/mol. The summed E-state index contributed by atoms with van der Waals surface area (Å²) in [5, 5.41) is 0. The Hall–Kier alpha value is -1.34. The van der Waals surface area contributed by atoms with Crippen molar-refractivity contribution in [3.8, 4) is 0 Å². The molecule has 0 bridgehead atoms. The lowest BCUT2D eigenvalue weighted by atomic mass is 10.3. The van der Waals surface area contributed by atoms with Crippen LogP contribution < -0.4 is 0 Å². The van der Waals surface area contributed by atoms with Gasteiger partial charge in [-0.3, -0.25) is 14.5 Å². The molecule has 2 rings (SSSR count). The van der Waals surface area contributed by atoms with Crippen molar-refractivity contribution < 1.29 is 9.59 Å². The van der Waals surface area contributed by atoms with E-state index in [0.29, 0.717) is 13.1 Å². The number of nitrogens with zero attached hydrogens (tertiary/aromatic N) is 4. The van der Waals surface area contributed by atoms with Gasteiger partial charge in [-0.25, -0.2) is 0 Å². The number of aromatic nitrogens is 1. The van der Waals surface area contributed by atoms with Crippen LogP contribution in [0.15, 0.2) is 16.7 Å². The summed E-state index contributed by atoms with van der Waals surface area (Å²) >= 11 is 3.45. The summed E-state index contributed by atoms with van der Waals surface area (Å²) in [6.45, 7) is 11.8. The van der Waals surface area contributed by atoms with Gasteiger partial charge in [-0.05, 0) is 49.2 Å². The van der Waals surface area contributed by atoms with E-state index in [4.69, 9.17) is 0 Å². The van der Waals surface area contributed by atoms with Crippen LogP contribution in [-0.4, -0.2) is 76.9 Å². The van der Waals surface area contributed by atoms with Crippen molar-refractivity contribution in [3.63, 3.8) is 0 Å². The highest BCUT2D eigenvalue weighted by Gasteiger charge is 2.24. The molecule has 2 heterocycles. The molecule has 1 aliphatic heterocycles. The average Bonchev–Trinajstić information content (AvgIpc) is 2.83. The number of aryl methyl sites for hydroxylation is 1. The molecular weight excluding hydrogens is 384 g/mol. The van der Waals surface area contributed by atoms with Gasteiger partial charge in [-0.1, -0.05) is 0 Å². The SMILES string of the molecule is CCN(CC)C(=O)CN1CCCN(C(=O)c2cc(Br)cn2CC)CC1. The molecule has 25 heavy (non-hydrogen) atoms. The van der Waals surface area contributed by atoms with Crippen molar-refractivity contribution in [1.82, 2.24) is 19.3 Å². The van der Waals surface area contributed by atoms with Crippen molar-refractivity contribution >= 4 is 27.7 Å². The van der Waals surface area contributed by atoms with E-state index in [1.165, 1.54) is 0 Å². The molecule has 0 saturated carbocycles. The van der Waals surface area contributed by atoms with Gasteiger partial charge >= 0.3 is 0 Å². The Balaban J connectivity index is 1.96. The fourth-order valence-corrected chi connectivity index (χ4v) is 3.74. The van der Waals surface area contributed by atoms with Crippen LogP contribution in [0.2, 0.25) is 0 Å². The minimum Gasteiger partial charge on any atom is -0.343 e. The lowest BCUT2D eigenvalue weighted by Gasteiger charge is -2.25. The highest BCUT2D eigenvalue weighted by atomic mass is 79.9. The minimum atomic E-state index is 0.0736. The van der Waals surface area contributed by atoms with Crippen LogP contribution in [0.4, 0.5) is 0 Å². The first kappa shape index (κ1) is 20.0.